The van der Waals surface area contributed by atoms with Crippen molar-refractivity contribution in [2.45, 2.75) is 39.2 Å². The molecular weight excluding hydrogens is 266 g/mol. The predicted molar refractivity (Wildman–Crippen MR) is 70.6 cm³/mol. The van der Waals surface area contributed by atoms with Crippen LogP contribution in [-0.4, -0.2) is 11.9 Å². The van der Waals surface area contributed by atoms with E-state index < -0.39 is 0 Å². The van der Waals surface area contributed by atoms with Crippen LogP contribution in [0.5, 0.6) is 0 Å². The van der Waals surface area contributed by atoms with Crippen LogP contribution in [0.4, 0.5) is 0 Å². The average Bonchev–Trinajstić information content (AvgIpc) is 2.29. The maximum absolute atomic E-state index is 11.9. The highest BCUT2D eigenvalue weighted by atomic mass is 79.9. The summed E-state index contributed by atoms with van der Waals surface area (Å²) in [6, 6.07) is 7.72. The van der Waals surface area contributed by atoms with Gasteiger partial charge in [-0.05, 0) is 37.1 Å². The molecule has 1 aromatic rings. The van der Waals surface area contributed by atoms with Gasteiger partial charge in [0.1, 0.15) is 0 Å². The topological polar surface area (TPSA) is 29.1 Å². The Balaban J connectivity index is 2.60. The van der Waals surface area contributed by atoms with Gasteiger partial charge in [-0.3, -0.25) is 4.79 Å². The molecule has 0 bridgehead atoms. The highest BCUT2D eigenvalue weighted by molar-refractivity contribution is 9.10. The molecule has 3 heteroatoms. The molecule has 1 amide bonds. The molecule has 2 nitrogen and oxygen atoms in total. The molecule has 1 unspecified atom stereocenters. The van der Waals surface area contributed by atoms with E-state index in [1.807, 2.05) is 24.3 Å². The molecule has 0 aromatic heterocycles. The van der Waals surface area contributed by atoms with Crippen molar-refractivity contribution in [2.24, 2.45) is 0 Å². The molecule has 0 fully saturated rings. The lowest BCUT2D eigenvalue weighted by atomic mass is 10.1. The number of nitrogens with one attached hydrogen (secondary N) is 1. The van der Waals surface area contributed by atoms with Gasteiger partial charge in [0.25, 0.3) is 5.91 Å². The second-order valence-corrected chi connectivity index (χ2v) is 4.79. The quantitative estimate of drug-likeness (QED) is 0.876. The van der Waals surface area contributed by atoms with Crippen LogP contribution < -0.4 is 5.32 Å². The number of halogens is 1. The molecule has 0 heterocycles. The van der Waals surface area contributed by atoms with Crippen molar-refractivity contribution in [2.75, 3.05) is 0 Å². The van der Waals surface area contributed by atoms with E-state index in [9.17, 15) is 4.79 Å². The van der Waals surface area contributed by atoms with Gasteiger partial charge in [-0.25, -0.2) is 0 Å². The lowest BCUT2D eigenvalue weighted by Crippen LogP contribution is -2.34. The third-order valence-electron chi connectivity index (χ3n) is 2.57. The first-order valence-electron chi connectivity index (χ1n) is 5.73. The van der Waals surface area contributed by atoms with Crippen molar-refractivity contribution in [3.8, 4) is 0 Å². The Morgan fingerprint density at radius 1 is 1.31 bits per heavy atom. The van der Waals surface area contributed by atoms with Crippen LogP contribution in [0.25, 0.3) is 0 Å². The Bertz CT molecular complexity index is 334. The second-order valence-electron chi connectivity index (χ2n) is 3.87. The molecule has 0 saturated heterocycles. The van der Waals surface area contributed by atoms with Crippen molar-refractivity contribution in [1.82, 2.24) is 5.32 Å². The number of carbonyl (C=O) groups is 1. The molecule has 0 aliphatic carbocycles. The van der Waals surface area contributed by atoms with Gasteiger partial charge in [0.15, 0.2) is 0 Å². The van der Waals surface area contributed by atoms with Gasteiger partial charge in [0.2, 0.25) is 0 Å². The summed E-state index contributed by atoms with van der Waals surface area (Å²) in [6.45, 7) is 4.23. The minimum atomic E-state index is 0.0211. The monoisotopic (exact) mass is 283 g/mol. The Hall–Kier alpha value is -0.830. The second kappa shape index (κ2) is 6.69. The smallest absolute Gasteiger partial charge is 0.251 e. The summed E-state index contributed by atoms with van der Waals surface area (Å²) in [6.07, 6.45) is 3.12. The molecule has 1 rings (SSSR count). The maximum atomic E-state index is 11.9. The minimum Gasteiger partial charge on any atom is -0.349 e. The highest BCUT2D eigenvalue weighted by Gasteiger charge is 2.10. The van der Waals surface area contributed by atoms with E-state index in [1.165, 1.54) is 0 Å². The standard InChI is InChI=1S/C13H18BrNO/c1-3-5-12(4-2)15-13(16)10-6-8-11(14)9-7-10/h6-9,12H,3-5H2,1-2H3,(H,15,16). The molecule has 0 aliphatic rings. The van der Waals surface area contributed by atoms with Gasteiger partial charge in [0, 0.05) is 16.1 Å². The first-order chi connectivity index (χ1) is 7.67. The van der Waals surface area contributed by atoms with E-state index in [0.717, 1.165) is 29.3 Å². The number of rotatable bonds is 5. The van der Waals surface area contributed by atoms with E-state index >= 15 is 0 Å². The predicted octanol–water partition coefficient (Wildman–Crippen LogP) is 3.76. The lowest BCUT2D eigenvalue weighted by molar-refractivity contribution is 0.0933. The molecule has 1 N–H and O–H groups in total. The molecule has 16 heavy (non-hydrogen) atoms. The Morgan fingerprint density at radius 2 is 1.94 bits per heavy atom. The van der Waals surface area contributed by atoms with Crippen LogP contribution in [0.15, 0.2) is 28.7 Å². The maximum Gasteiger partial charge on any atom is 0.251 e. The molecule has 0 spiro atoms. The SMILES string of the molecule is CCCC(CC)NC(=O)c1ccc(Br)cc1. The molecule has 0 saturated carbocycles. The summed E-state index contributed by atoms with van der Waals surface area (Å²) in [4.78, 5) is 11.9. The van der Waals surface area contributed by atoms with Gasteiger partial charge in [-0.15, -0.1) is 0 Å². The summed E-state index contributed by atoms with van der Waals surface area (Å²) >= 11 is 3.35. The molecular formula is C13H18BrNO. The van der Waals surface area contributed by atoms with Crippen LogP contribution in [0, 0.1) is 0 Å². The Kier molecular flexibility index (Phi) is 5.53. The van der Waals surface area contributed by atoms with Crippen LogP contribution in [0.3, 0.4) is 0 Å². The van der Waals surface area contributed by atoms with Crippen molar-refractivity contribution in [1.29, 1.82) is 0 Å². The zero-order valence-electron chi connectivity index (χ0n) is 9.79. The van der Waals surface area contributed by atoms with Gasteiger partial charge in [0.05, 0.1) is 0 Å². The summed E-state index contributed by atoms with van der Waals surface area (Å²) in [5.41, 5.74) is 0.720. The summed E-state index contributed by atoms with van der Waals surface area (Å²) in [5, 5.41) is 3.05. The van der Waals surface area contributed by atoms with E-state index in [4.69, 9.17) is 0 Å². The van der Waals surface area contributed by atoms with Crippen molar-refractivity contribution >= 4 is 21.8 Å². The number of benzene rings is 1. The first-order valence-corrected chi connectivity index (χ1v) is 6.53. The largest absolute Gasteiger partial charge is 0.349 e. The van der Waals surface area contributed by atoms with Crippen molar-refractivity contribution < 1.29 is 4.79 Å². The van der Waals surface area contributed by atoms with Crippen LogP contribution in [0.1, 0.15) is 43.5 Å². The third kappa shape index (κ3) is 3.97. The lowest BCUT2D eigenvalue weighted by Gasteiger charge is -2.15. The number of hydrogen-bond acceptors (Lipinski definition) is 1. The van der Waals surface area contributed by atoms with Crippen LogP contribution in [0.2, 0.25) is 0 Å². The molecule has 0 aliphatic heterocycles. The zero-order valence-corrected chi connectivity index (χ0v) is 11.4. The normalized spacial score (nSPS) is 12.2. The summed E-state index contributed by atoms with van der Waals surface area (Å²) in [5.74, 6) is 0.0211. The van der Waals surface area contributed by atoms with Crippen molar-refractivity contribution in [3.63, 3.8) is 0 Å². The van der Waals surface area contributed by atoms with Gasteiger partial charge in [-0.1, -0.05) is 36.2 Å². The number of carbonyl (C=O) groups excluding carboxylic acids is 1. The fraction of sp³-hybridized carbons (Fsp3) is 0.462. The summed E-state index contributed by atoms with van der Waals surface area (Å²) in [7, 11) is 0. The minimum absolute atomic E-state index is 0.0211. The van der Waals surface area contributed by atoms with Crippen LogP contribution >= 0.6 is 15.9 Å². The first kappa shape index (κ1) is 13.2. The van der Waals surface area contributed by atoms with Gasteiger partial charge < -0.3 is 5.32 Å². The molecule has 88 valence electrons. The van der Waals surface area contributed by atoms with Crippen molar-refractivity contribution in [3.05, 3.63) is 34.3 Å². The summed E-state index contributed by atoms with van der Waals surface area (Å²) < 4.78 is 0.990. The van der Waals surface area contributed by atoms with E-state index in [2.05, 4.69) is 35.1 Å². The number of hydrogen-bond donors (Lipinski definition) is 1. The third-order valence-corrected chi connectivity index (χ3v) is 3.10. The fourth-order valence-electron chi connectivity index (χ4n) is 1.60. The van der Waals surface area contributed by atoms with E-state index in [0.29, 0.717) is 6.04 Å². The number of amides is 1. The Morgan fingerprint density at radius 3 is 2.44 bits per heavy atom. The van der Waals surface area contributed by atoms with Gasteiger partial charge in [-0.2, -0.15) is 0 Å². The highest BCUT2D eigenvalue weighted by Crippen LogP contribution is 2.11. The molecule has 1 atom stereocenters. The van der Waals surface area contributed by atoms with Gasteiger partial charge >= 0.3 is 0 Å². The average molecular weight is 284 g/mol. The van der Waals surface area contributed by atoms with E-state index in [-0.39, 0.29) is 5.91 Å². The fourth-order valence-corrected chi connectivity index (χ4v) is 1.86. The molecule has 1 aromatic carbocycles. The Labute approximate surface area is 106 Å². The van der Waals surface area contributed by atoms with Crippen LogP contribution in [-0.2, 0) is 0 Å². The zero-order chi connectivity index (χ0) is 12.0. The molecule has 0 radical (unpaired) electrons. The van der Waals surface area contributed by atoms with E-state index in [1.54, 1.807) is 0 Å².